The first kappa shape index (κ1) is 26.7. The zero-order valence-electron chi connectivity index (χ0n) is 21.5. The summed E-state index contributed by atoms with van der Waals surface area (Å²) in [6, 6.07) is 6.13. The van der Waals surface area contributed by atoms with Crippen LogP contribution in [0.2, 0.25) is 5.02 Å². The monoisotopic (exact) mass is 529 g/mol. The molecule has 1 aromatic heterocycles. The van der Waals surface area contributed by atoms with Crippen molar-refractivity contribution in [2.45, 2.75) is 63.8 Å². The van der Waals surface area contributed by atoms with Gasteiger partial charge in [0.25, 0.3) is 0 Å². The quantitative estimate of drug-likeness (QED) is 0.421. The van der Waals surface area contributed by atoms with E-state index in [1.807, 2.05) is 6.07 Å². The third-order valence-electron chi connectivity index (χ3n) is 6.44. The van der Waals surface area contributed by atoms with Crippen LogP contribution in [0.5, 0.6) is 5.75 Å². The molecule has 2 heterocycles. The second-order valence-corrected chi connectivity index (χ2v) is 10.8. The predicted octanol–water partition coefficient (Wildman–Crippen LogP) is 4.27. The number of rotatable bonds is 7. The molecule has 0 bridgehead atoms. The second-order valence-electron chi connectivity index (χ2n) is 10.3. The first-order chi connectivity index (χ1) is 17.5. The largest absolute Gasteiger partial charge is 0.488 e. The smallest absolute Gasteiger partial charge is 0.411 e. The Balaban J connectivity index is 1.57. The van der Waals surface area contributed by atoms with E-state index in [4.69, 9.17) is 25.8 Å². The van der Waals surface area contributed by atoms with Crippen molar-refractivity contribution in [3.8, 4) is 5.75 Å². The molecular weight excluding hydrogens is 498 g/mol. The highest BCUT2D eigenvalue weighted by Gasteiger charge is 2.62. The molecule has 37 heavy (non-hydrogen) atoms. The van der Waals surface area contributed by atoms with E-state index in [1.54, 1.807) is 58.2 Å². The Morgan fingerprint density at radius 1 is 1.30 bits per heavy atom. The van der Waals surface area contributed by atoms with Gasteiger partial charge >= 0.3 is 12.1 Å². The van der Waals surface area contributed by atoms with E-state index < -0.39 is 41.3 Å². The molecule has 10 heteroatoms. The van der Waals surface area contributed by atoms with Gasteiger partial charge in [-0.05, 0) is 58.4 Å². The minimum absolute atomic E-state index is 0.127. The fraction of sp³-hybridized carbons (Fsp3) is 0.481. The van der Waals surface area contributed by atoms with Crippen LogP contribution >= 0.6 is 11.6 Å². The van der Waals surface area contributed by atoms with Crippen LogP contribution in [0.1, 0.15) is 40.5 Å². The fourth-order valence-electron chi connectivity index (χ4n) is 4.60. The average Bonchev–Trinajstić information content (AvgIpc) is 3.37. The number of carbonyl (C=O) groups excluding carboxylic acids is 3. The van der Waals surface area contributed by atoms with Crippen LogP contribution in [0.25, 0.3) is 10.9 Å². The van der Waals surface area contributed by atoms with Crippen molar-refractivity contribution < 1.29 is 28.6 Å². The molecule has 1 aromatic carbocycles. The van der Waals surface area contributed by atoms with E-state index in [-0.39, 0.29) is 25.5 Å². The Morgan fingerprint density at radius 2 is 2.05 bits per heavy atom. The van der Waals surface area contributed by atoms with Gasteiger partial charge in [0.15, 0.2) is 0 Å². The molecule has 2 amide bonds. The topological polar surface area (TPSA) is 107 Å². The first-order valence-corrected chi connectivity index (χ1v) is 12.7. The molecule has 2 aliphatic rings. The lowest BCUT2D eigenvalue weighted by Crippen LogP contribution is -2.53. The van der Waals surface area contributed by atoms with Gasteiger partial charge in [0, 0.05) is 28.9 Å². The maximum Gasteiger partial charge on any atom is 0.411 e. The van der Waals surface area contributed by atoms with E-state index in [0.29, 0.717) is 22.7 Å². The summed E-state index contributed by atoms with van der Waals surface area (Å²) in [5, 5.41) is 4.16. The van der Waals surface area contributed by atoms with Gasteiger partial charge in [-0.1, -0.05) is 17.7 Å². The number of nitrogens with zero attached hydrogens (tertiary/aromatic N) is 2. The van der Waals surface area contributed by atoms with Gasteiger partial charge in [-0.3, -0.25) is 14.7 Å². The van der Waals surface area contributed by atoms with E-state index in [9.17, 15) is 14.4 Å². The summed E-state index contributed by atoms with van der Waals surface area (Å²) in [5.41, 5.74) is -1.26. The van der Waals surface area contributed by atoms with Gasteiger partial charge in [-0.25, -0.2) is 9.59 Å². The number of esters is 1. The third-order valence-corrected chi connectivity index (χ3v) is 6.67. The SMILES string of the molecule is C=C[C@H]1C[C@@]1(NC(=O)[C@@H]1C[C@@H](Oc2ccnc3cc(Cl)ccc23)CN1C(=O)OC(C)(C)C)C(=O)OCC. The zero-order valence-corrected chi connectivity index (χ0v) is 22.2. The van der Waals surface area contributed by atoms with Gasteiger partial charge in [-0.2, -0.15) is 0 Å². The Bertz CT molecular complexity index is 1230. The van der Waals surface area contributed by atoms with Gasteiger partial charge in [0.05, 0.1) is 18.7 Å². The van der Waals surface area contributed by atoms with Gasteiger partial charge in [0.1, 0.15) is 29.0 Å². The van der Waals surface area contributed by atoms with E-state index >= 15 is 0 Å². The molecule has 1 aliphatic carbocycles. The van der Waals surface area contributed by atoms with Crippen LogP contribution in [-0.2, 0) is 19.1 Å². The van der Waals surface area contributed by atoms with Gasteiger partial charge < -0.3 is 19.5 Å². The van der Waals surface area contributed by atoms with Crippen LogP contribution in [0.15, 0.2) is 43.1 Å². The Morgan fingerprint density at radius 3 is 2.70 bits per heavy atom. The van der Waals surface area contributed by atoms with Gasteiger partial charge in [0.2, 0.25) is 5.91 Å². The number of halogens is 1. The molecule has 2 aromatic rings. The maximum absolute atomic E-state index is 13.5. The second kappa shape index (κ2) is 10.2. The van der Waals surface area contributed by atoms with Crippen LogP contribution < -0.4 is 10.1 Å². The summed E-state index contributed by atoms with van der Waals surface area (Å²) >= 11 is 6.10. The van der Waals surface area contributed by atoms with Crippen molar-refractivity contribution in [2.75, 3.05) is 13.2 Å². The van der Waals surface area contributed by atoms with Crippen molar-refractivity contribution >= 4 is 40.5 Å². The molecule has 198 valence electrons. The summed E-state index contributed by atoms with van der Waals surface area (Å²) < 4.78 is 17.1. The predicted molar refractivity (Wildman–Crippen MR) is 138 cm³/mol. The van der Waals surface area contributed by atoms with Crippen molar-refractivity contribution in [1.29, 1.82) is 0 Å². The minimum atomic E-state index is -1.17. The van der Waals surface area contributed by atoms with Crippen LogP contribution in [0.3, 0.4) is 0 Å². The molecule has 1 saturated heterocycles. The van der Waals surface area contributed by atoms with Crippen molar-refractivity contribution in [2.24, 2.45) is 5.92 Å². The Kier molecular flexibility index (Phi) is 7.37. The molecule has 0 radical (unpaired) electrons. The number of hydrogen-bond acceptors (Lipinski definition) is 7. The summed E-state index contributed by atoms with van der Waals surface area (Å²) in [5.74, 6) is -0.659. The molecule has 2 fully saturated rings. The van der Waals surface area contributed by atoms with Crippen LogP contribution in [0, 0.1) is 5.92 Å². The highest BCUT2D eigenvalue weighted by Crippen LogP contribution is 2.45. The number of aromatic nitrogens is 1. The molecule has 0 unspecified atom stereocenters. The molecule has 4 atom stereocenters. The van der Waals surface area contributed by atoms with E-state index in [0.717, 1.165) is 5.39 Å². The van der Waals surface area contributed by atoms with Crippen LogP contribution in [0.4, 0.5) is 4.79 Å². The molecule has 4 rings (SSSR count). The first-order valence-electron chi connectivity index (χ1n) is 12.3. The number of benzene rings is 1. The standard InChI is InChI=1S/C27H32ClN3O6/c1-6-16-14-27(16,24(33)35-7-2)30-23(32)21-13-18(15-31(21)25(34)37-26(3,4)5)36-22-10-11-29-20-12-17(28)8-9-19(20)22/h6,8-12,16,18,21H,1,7,13-15H2,2-5H3,(H,30,32)/t16-,18+,21-,27-/m0/s1. The summed E-state index contributed by atoms with van der Waals surface area (Å²) in [6.07, 6.45) is 2.71. The van der Waals surface area contributed by atoms with Crippen molar-refractivity contribution in [3.63, 3.8) is 0 Å². The fourth-order valence-corrected chi connectivity index (χ4v) is 4.76. The number of nitrogens with one attached hydrogen (secondary N) is 1. The lowest BCUT2D eigenvalue weighted by atomic mass is 10.1. The van der Waals surface area contributed by atoms with Gasteiger partial charge in [-0.15, -0.1) is 6.58 Å². The number of hydrogen-bond donors (Lipinski definition) is 1. The van der Waals surface area contributed by atoms with E-state index in [2.05, 4.69) is 16.9 Å². The number of fused-ring (bicyclic) bond motifs is 1. The number of likely N-dealkylation sites (tertiary alicyclic amines) is 1. The highest BCUT2D eigenvalue weighted by molar-refractivity contribution is 6.31. The van der Waals surface area contributed by atoms with Crippen LogP contribution in [-0.4, -0.2) is 64.3 Å². The summed E-state index contributed by atoms with van der Waals surface area (Å²) in [6.45, 7) is 11.1. The van der Waals surface area contributed by atoms with E-state index in [1.165, 1.54) is 4.90 Å². The molecule has 9 nitrogen and oxygen atoms in total. The lowest BCUT2D eigenvalue weighted by Gasteiger charge is -2.28. The Hall–Kier alpha value is -3.33. The average molecular weight is 530 g/mol. The Labute approximate surface area is 221 Å². The molecular formula is C27H32ClN3O6. The number of ether oxygens (including phenoxy) is 3. The minimum Gasteiger partial charge on any atom is -0.488 e. The number of pyridine rings is 1. The van der Waals surface area contributed by atoms with Crippen molar-refractivity contribution in [3.05, 3.63) is 48.1 Å². The lowest BCUT2D eigenvalue weighted by molar-refractivity contribution is -0.149. The zero-order chi connectivity index (χ0) is 27.0. The normalized spacial score (nSPS) is 24.9. The molecule has 1 saturated carbocycles. The number of amides is 2. The maximum atomic E-state index is 13.5. The molecule has 1 aliphatic heterocycles. The molecule has 0 spiro atoms. The highest BCUT2D eigenvalue weighted by atomic mass is 35.5. The third kappa shape index (κ3) is 5.66. The summed E-state index contributed by atoms with van der Waals surface area (Å²) in [4.78, 5) is 45.0. The summed E-state index contributed by atoms with van der Waals surface area (Å²) in [7, 11) is 0. The van der Waals surface area contributed by atoms with Crippen molar-refractivity contribution in [1.82, 2.24) is 15.2 Å². The number of carbonyl (C=O) groups is 3. The molecule has 1 N–H and O–H groups in total.